The van der Waals surface area contributed by atoms with Crippen molar-refractivity contribution in [2.45, 2.75) is 38.7 Å². The van der Waals surface area contributed by atoms with Gasteiger partial charge in [-0.2, -0.15) is 26.3 Å². The lowest BCUT2D eigenvalue weighted by atomic mass is 10.0. The Labute approximate surface area is 144 Å². The highest BCUT2D eigenvalue weighted by molar-refractivity contribution is 6.01. The lowest BCUT2D eigenvalue weighted by Crippen LogP contribution is -2.28. The number of amides is 1. The lowest BCUT2D eigenvalue weighted by Gasteiger charge is -2.22. The van der Waals surface area contributed by atoms with Gasteiger partial charge in [-0.3, -0.25) is 5.32 Å². The average Bonchev–Trinajstić information content (AvgIpc) is 2.41. The van der Waals surface area contributed by atoms with Crippen LogP contribution in [0.2, 0.25) is 0 Å². The van der Waals surface area contributed by atoms with Gasteiger partial charge in [-0.15, -0.1) is 0 Å². The van der Waals surface area contributed by atoms with E-state index in [1.165, 1.54) is 20.8 Å². The SMILES string of the molecule is COC(=O)c1c(NC(=O)OC(C)(C)C)cc(C(F)(F)F)cc1C(F)(F)F. The minimum atomic E-state index is -5.31. The first kappa shape index (κ1) is 21.6. The first-order chi connectivity index (χ1) is 11.6. The predicted molar refractivity (Wildman–Crippen MR) is 77.6 cm³/mol. The number of carbonyl (C=O) groups is 2. The summed E-state index contributed by atoms with van der Waals surface area (Å²) in [5.74, 6) is -1.57. The molecule has 11 heteroatoms. The molecule has 0 bridgehead atoms. The molecule has 146 valence electrons. The summed E-state index contributed by atoms with van der Waals surface area (Å²) in [6.45, 7) is 4.29. The van der Waals surface area contributed by atoms with Crippen molar-refractivity contribution in [1.82, 2.24) is 0 Å². The molecule has 1 amide bonds. The Hall–Kier alpha value is -2.46. The third kappa shape index (κ3) is 5.53. The molecule has 0 heterocycles. The number of hydrogen-bond donors (Lipinski definition) is 1. The predicted octanol–water partition coefficient (Wildman–Crippen LogP) is 4.86. The molecule has 0 spiro atoms. The summed E-state index contributed by atoms with van der Waals surface area (Å²) in [5, 5.41) is 1.75. The Morgan fingerprint density at radius 2 is 1.50 bits per heavy atom. The Kier molecular flexibility index (Phi) is 5.84. The van der Waals surface area contributed by atoms with Gasteiger partial charge in [0.15, 0.2) is 0 Å². The fourth-order valence-corrected chi connectivity index (χ4v) is 1.86. The molecule has 26 heavy (non-hydrogen) atoms. The zero-order chi connectivity index (χ0) is 20.5. The van der Waals surface area contributed by atoms with Crippen molar-refractivity contribution in [3.63, 3.8) is 0 Å². The number of alkyl halides is 6. The maximum absolute atomic E-state index is 13.2. The molecule has 0 aliphatic carbocycles. The van der Waals surface area contributed by atoms with E-state index in [0.717, 1.165) is 7.11 Å². The van der Waals surface area contributed by atoms with Gasteiger partial charge in [-0.25, -0.2) is 9.59 Å². The summed E-state index contributed by atoms with van der Waals surface area (Å²) in [4.78, 5) is 23.5. The molecular formula is C15H15F6NO4. The number of hydrogen-bond acceptors (Lipinski definition) is 4. The average molecular weight is 387 g/mol. The van der Waals surface area contributed by atoms with Crippen molar-refractivity contribution in [2.75, 3.05) is 12.4 Å². The molecule has 0 radical (unpaired) electrons. The van der Waals surface area contributed by atoms with Gasteiger partial charge in [0.25, 0.3) is 0 Å². The fourth-order valence-electron chi connectivity index (χ4n) is 1.86. The molecule has 0 aliphatic rings. The first-order valence-corrected chi connectivity index (χ1v) is 6.97. The van der Waals surface area contributed by atoms with E-state index in [1.807, 2.05) is 0 Å². The Morgan fingerprint density at radius 3 is 1.88 bits per heavy atom. The molecule has 0 aliphatic heterocycles. The first-order valence-electron chi connectivity index (χ1n) is 6.97. The maximum atomic E-state index is 13.2. The third-order valence-corrected chi connectivity index (χ3v) is 2.80. The second kappa shape index (κ2) is 7.04. The summed E-state index contributed by atoms with van der Waals surface area (Å²) >= 11 is 0. The summed E-state index contributed by atoms with van der Waals surface area (Å²) in [6, 6.07) is -0.0298. The zero-order valence-corrected chi connectivity index (χ0v) is 14.1. The highest BCUT2D eigenvalue weighted by atomic mass is 19.4. The molecule has 1 N–H and O–H groups in total. The quantitative estimate of drug-likeness (QED) is 0.582. The number of anilines is 1. The van der Waals surface area contributed by atoms with Crippen LogP contribution in [0.25, 0.3) is 0 Å². The number of benzene rings is 1. The van der Waals surface area contributed by atoms with Crippen molar-refractivity contribution in [3.8, 4) is 0 Å². The summed E-state index contributed by atoms with van der Waals surface area (Å²) in [5.41, 5.74) is -6.98. The summed E-state index contributed by atoms with van der Waals surface area (Å²) < 4.78 is 87.3. The Balaban J connectivity index is 3.63. The maximum Gasteiger partial charge on any atom is 0.417 e. The minimum Gasteiger partial charge on any atom is -0.465 e. The molecular weight excluding hydrogens is 372 g/mol. The van der Waals surface area contributed by atoms with Crippen LogP contribution in [-0.2, 0) is 21.8 Å². The normalized spacial score (nSPS) is 12.5. The van der Waals surface area contributed by atoms with E-state index in [1.54, 1.807) is 5.32 Å². The Bertz CT molecular complexity index is 704. The number of esters is 1. The van der Waals surface area contributed by atoms with Crippen LogP contribution in [0.15, 0.2) is 12.1 Å². The second-order valence-corrected chi connectivity index (χ2v) is 6.06. The van der Waals surface area contributed by atoms with Crippen LogP contribution >= 0.6 is 0 Å². The van der Waals surface area contributed by atoms with E-state index in [9.17, 15) is 35.9 Å². The topological polar surface area (TPSA) is 64.6 Å². The van der Waals surface area contributed by atoms with Gasteiger partial charge < -0.3 is 9.47 Å². The molecule has 0 aromatic heterocycles. The van der Waals surface area contributed by atoms with Crippen molar-refractivity contribution >= 4 is 17.7 Å². The van der Waals surface area contributed by atoms with Gasteiger partial charge >= 0.3 is 24.4 Å². The van der Waals surface area contributed by atoms with Gasteiger partial charge in [-0.05, 0) is 32.9 Å². The van der Waals surface area contributed by atoms with E-state index < -0.39 is 52.4 Å². The number of rotatable bonds is 2. The molecule has 0 saturated carbocycles. The van der Waals surface area contributed by atoms with Gasteiger partial charge in [-0.1, -0.05) is 0 Å². The zero-order valence-electron chi connectivity index (χ0n) is 14.1. The lowest BCUT2D eigenvalue weighted by molar-refractivity contribution is -0.143. The number of nitrogens with one attached hydrogen (secondary N) is 1. The van der Waals surface area contributed by atoms with Crippen molar-refractivity contribution in [3.05, 3.63) is 28.8 Å². The van der Waals surface area contributed by atoms with Crippen LogP contribution in [-0.4, -0.2) is 24.8 Å². The minimum absolute atomic E-state index is 0.200. The van der Waals surface area contributed by atoms with Gasteiger partial charge in [0.05, 0.1) is 29.5 Å². The molecule has 0 fully saturated rings. The van der Waals surface area contributed by atoms with Crippen LogP contribution < -0.4 is 5.32 Å². The molecule has 1 aromatic rings. The largest absolute Gasteiger partial charge is 0.465 e. The molecule has 1 aromatic carbocycles. The van der Waals surface area contributed by atoms with E-state index >= 15 is 0 Å². The van der Waals surface area contributed by atoms with Crippen LogP contribution in [0.4, 0.5) is 36.8 Å². The molecule has 0 saturated heterocycles. The molecule has 1 rings (SSSR count). The number of carbonyl (C=O) groups excluding carboxylic acids is 2. The second-order valence-electron chi connectivity index (χ2n) is 6.06. The van der Waals surface area contributed by atoms with Crippen LogP contribution in [0.1, 0.15) is 42.3 Å². The van der Waals surface area contributed by atoms with Gasteiger partial charge in [0, 0.05) is 0 Å². The smallest absolute Gasteiger partial charge is 0.417 e. The molecule has 0 unspecified atom stereocenters. The van der Waals surface area contributed by atoms with E-state index in [-0.39, 0.29) is 12.1 Å². The van der Waals surface area contributed by atoms with E-state index in [4.69, 9.17) is 4.74 Å². The highest BCUT2D eigenvalue weighted by Gasteiger charge is 2.42. The van der Waals surface area contributed by atoms with Crippen molar-refractivity contribution < 1.29 is 45.4 Å². The number of halogens is 6. The van der Waals surface area contributed by atoms with Crippen LogP contribution in [0.5, 0.6) is 0 Å². The Morgan fingerprint density at radius 1 is 0.962 bits per heavy atom. The van der Waals surface area contributed by atoms with Crippen LogP contribution in [0, 0.1) is 0 Å². The van der Waals surface area contributed by atoms with Gasteiger partial charge in [0.1, 0.15) is 5.60 Å². The fraction of sp³-hybridized carbons (Fsp3) is 0.467. The van der Waals surface area contributed by atoms with Crippen molar-refractivity contribution in [1.29, 1.82) is 0 Å². The standard InChI is InChI=1S/C15H15F6NO4/c1-13(2,3)26-12(24)22-9-6-7(14(16,17)18)5-8(15(19,20)21)10(9)11(23)25-4/h5-6H,1-4H3,(H,22,24). The highest BCUT2D eigenvalue weighted by Crippen LogP contribution is 2.41. The van der Waals surface area contributed by atoms with Gasteiger partial charge in [0.2, 0.25) is 0 Å². The number of methoxy groups -OCH3 is 1. The molecule has 0 atom stereocenters. The third-order valence-electron chi connectivity index (χ3n) is 2.80. The molecule has 5 nitrogen and oxygen atoms in total. The van der Waals surface area contributed by atoms with E-state index in [0.29, 0.717) is 0 Å². The summed E-state index contributed by atoms with van der Waals surface area (Å²) in [6.07, 6.45) is -11.8. The van der Waals surface area contributed by atoms with E-state index in [2.05, 4.69) is 4.74 Å². The van der Waals surface area contributed by atoms with Crippen LogP contribution in [0.3, 0.4) is 0 Å². The summed E-state index contributed by atoms with van der Waals surface area (Å²) in [7, 11) is 0.747. The number of ether oxygens (including phenoxy) is 2. The van der Waals surface area contributed by atoms with Crippen molar-refractivity contribution in [2.24, 2.45) is 0 Å². The monoisotopic (exact) mass is 387 g/mol.